The SMILES string of the molecule is COc1ccc(C(C#N)=Cc2ccc(N3CCC(OP(=O)([O-])[O-])CC3)s2)cc1OC.[Na+].[Na+]. The van der Waals surface area contributed by atoms with E-state index in [2.05, 4.69) is 15.5 Å². The molecule has 0 N–H and O–H groups in total. The molecule has 0 unspecified atom stereocenters. The minimum atomic E-state index is -4.95. The van der Waals surface area contributed by atoms with Gasteiger partial charge in [-0.1, -0.05) is 0 Å². The Balaban J connectivity index is 0.00000256. The maximum atomic E-state index is 10.8. The van der Waals surface area contributed by atoms with Gasteiger partial charge in [0.2, 0.25) is 0 Å². The van der Waals surface area contributed by atoms with Gasteiger partial charge in [-0.3, -0.25) is 0 Å². The number of allylic oxidation sites excluding steroid dienone is 1. The van der Waals surface area contributed by atoms with Crippen LogP contribution in [0.25, 0.3) is 11.6 Å². The summed E-state index contributed by atoms with van der Waals surface area (Å²) in [4.78, 5) is 24.6. The van der Waals surface area contributed by atoms with Crippen LogP contribution in [0.5, 0.6) is 11.5 Å². The molecule has 8 nitrogen and oxygen atoms in total. The molecule has 0 amide bonds. The van der Waals surface area contributed by atoms with E-state index < -0.39 is 13.9 Å². The van der Waals surface area contributed by atoms with E-state index in [0.717, 1.165) is 15.4 Å². The van der Waals surface area contributed by atoms with Crippen LogP contribution in [0, 0.1) is 11.3 Å². The van der Waals surface area contributed by atoms with Gasteiger partial charge in [-0.15, -0.1) is 11.3 Å². The number of nitrogens with zero attached hydrogens (tertiary/aromatic N) is 2. The maximum Gasteiger partial charge on any atom is 1.00 e. The Kier molecular flexibility index (Phi) is 12.5. The number of rotatable bonds is 7. The number of benzene rings is 1. The zero-order valence-corrected chi connectivity index (χ0v) is 24.3. The fourth-order valence-electron chi connectivity index (χ4n) is 3.28. The number of thiophene rings is 1. The molecule has 160 valence electrons. The number of ether oxygens (including phenoxy) is 2. The number of methoxy groups -OCH3 is 2. The zero-order chi connectivity index (χ0) is 21.7. The summed E-state index contributed by atoms with van der Waals surface area (Å²) in [6.45, 7) is 1.18. The van der Waals surface area contributed by atoms with Crippen molar-refractivity contribution in [2.45, 2.75) is 18.9 Å². The molecule has 32 heavy (non-hydrogen) atoms. The number of piperidine rings is 1. The number of hydrogen-bond acceptors (Lipinski definition) is 9. The summed E-state index contributed by atoms with van der Waals surface area (Å²) in [5, 5.41) is 10.6. The minimum absolute atomic E-state index is 0. The van der Waals surface area contributed by atoms with E-state index in [0.29, 0.717) is 43.0 Å². The number of phosphoric acid groups is 1. The smallest absolute Gasteiger partial charge is 0.790 e. The Morgan fingerprint density at radius 3 is 2.38 bits per heavy atom. The molecule has 0 radical (unpaired) electrons. The second-order valence-corrected chi connectivity index (χ2v) is 8.85. The van der Waals surface area contributed by atoms with Gasteiger partial charge in [0.25, 0.3) is 0 Å². The van der Waals surface area contributed by atoms with Crippen molar-refractivity contribution >= 4 is 35.8 Å². The number of hydrogen-bond donors (Lipinski definition) is 0. The van der Waals surface area contributed by atoms with Crippen LogP contribution < -0.4 is 83.3 Å². The molecular weight excluding hydrogens is 473 g/mol. The predicted octanol–water partition coefficient (Wildman–Crippen LogP) is -3.35. The fourth-order valence-corrected chi connectivity index (χ4v) is 4.86. The van der Waals surface area contributed by atoms with E-state index in [1.807, 2.05) is 18.2 Å². The van der Waals surface area contributed by atoms with Crippen molar-refractivity contribution in [1.82, 2.24) is 0 Å². The van der Waals surface area contributed by atoms with Crippen molar-refractivity contribution in [3.63, 3.8) is 0 Å². The van der Waals surface area contributed by atoms with Crippen LogP contribution >= 0.6 is 19.2 Å². The molecule has 1 fully saturated rings. The summed E-state index contributed by atoms with van der Waals surface area (Å²) in [6.07, 6.45) is 2.19. The molecule has 0 spiro atoms. The Labute approximate surface area is 236 Å². The molecule has 1 saturated heterocycles. The Bertz CT molecular complexity index is 1010. The number of nitriles is 1. The van der Waals surface area contributed by atoms with Crippen LogP contribution in [0.3, 0.4) is 0 Å². The molecule has 2 heterocycles. The van der Waals surface area contributed by atoms with Gasteiger partial charge >= 0.3 is 59.1 Å². The Hall–Kier alpha value is -0.340. The summed E-state index contributed by atoms with van der Waals surface area (Å²) in [7, 11) is -1.85. The van der Waals surface area contributed by atoms with Crippen molar-refractivity contribution in [2.24, 2.45) is 0 Å². The van der Waals surface area contributed by atoms with Crippen molar-refractivity contribution in [2.75, 3.05) is 32.2 Å². The summed E-state index contributed by atoms with van der Waals surface area (Å²) in [6, 6.07) is 11.5. The standard InChI is InChI=1S/C20H23N2O6PS.2Na/c1-26-18-5-3-14(12-19(18)27-2)15(13-21)11-17-4-6-20(30-17)22-9-7-16(8-10-22)28-29(23,24)25;;/h3-6,11-12,16H,7-10H2,1-2H3,(H2,23,24,25);;/q;2*+1/p-2. The third-order valence-electron chi connectivity index (χ3n) is 4.75. The Morgan fingerprint density at radius 2 is 1.81 bits per heavy atom. The topological polar surface area (TPSA) is 118 Å². The zero-order valence-electron chi connectivity index (χ0n) is 18.6. The molecule has 0 saturated carbocycles. The predicted molar refractivity (Wildman–Crippen MR) is 111 cm³/mol. The molecule has 12 heteroatoms. The van der Waals surface area contributed by atoms with E-state index in [1.165, 1.54) is 11.3 Å². The molecule has 1 aliphatic rings. The average Bonchev–Trinajstić information content (AvgIpc) is 3.19. The van der Waals surface area contributed by atoms with Gasteiger partial charge < -0.3 is 33.2 Å². The summed E-state index contributed by atoms with van der Waals surface area (Å²) >= 11 is 1.53. The van der Waals surface area contributed by atoms with E-state index in [9.17, 15) is 19.6 Å². The largest absolute Gasteiger partial charge is 1.00 e. The molecule has 1 aliphatic heterocycles. The second-order valence-electron chi connectivity index (χ2n) is 6.65. The normalized spacial score (nSPS) is 14.7. The third-order valence-corrected chi connectivity index (χ3v) is 6.40. The first kappa shape index (κ1) is 29.7. The Morgan fingerprint density at radius 1 is 1.16 bits per heavy atom. The van der Waals surface area contributed by atoms with E-state index in [1.54, 1.807) is 32.4 Å². The third kappa shape index (κ3) is 8.15. The van der Waals surface area contributed by atoms with Crippen LogP contribution in [-0.2, 0) is 9.09 Å². The van der Waals surface area contributed by atoms with E-state index >= 15 is 0 Å². The molecular formula is C20H21N2Na2O6PS. The second kappa shape index (κ2) is 13.5. The molecule has 3 rings (SSSR count). The number of anilines is 1. The van der Waals surface area contributed by atoms with Crippen molar-refractivity contribution in [3.8, 4) is 17.6 Å². The first-order valence-corrected chi connectivity index (χ1v) is 11.5. The fraction of sp³-hybridized carbons (Fsp3) is 0.350. The summed E-state index contributed by atoms with van der Waals surface area (Å²) in [5.41, 5.74) is 1.22. The average molecular weight is 494 g/mol. The minimum Gasteiger partial charge on any atom is -0.790 e. The molecule has 1 aromatic carbocycles. The quantitative estimate of drug-likeness (QED) is 0.223. The van der Waals surface area contributed by atoms with Gasteiger partial charge in [0.05, 0.1) is 44.8 Å². The molecule has 0 aliphatic carbocycles. The van der Waals surface area contributed by atoms with Crippen LogP contribution in [0.15, 0.2) is 30.3 Å². The van der Waals surface area contributed by atoms with Gasteiger partial charge in [0.15, 0.2) is 11.5 Å². The van der Waals surface area contributed by atoms with Crippen LogP contribution in [0.4, 0.5) is 5.00 Å². The molecule has 2 aromatic rings. The van der Waals surface area contributed by atoms with Gasteiger partial charge in [0.1, 0.15) is 0 Å². The number of phosphoric ester groups is 1. The van der Waals surface area contributed by atoms with Gasteiger partial charge in [-0.05, 0) is 54.8 Å². The summed E-state index contributed by atoms with van der Waals surface area (Å²) < 4.78 is 25.9. The first-order valence-electron chi connectivity index (χ1n) is 9.22. The molecule has 1 aromatic heterocycles. The van der Waals surface area contributed by atoms with Crippen molar-refractivity contribution < 1.29 is 87.5 Å². The van der Waals surface area contributed by atoms with Crippen molar-refractivity contribution in [3.05, 3.63) is 40.8 Å². The van der Waals surface area contributed by atoms with Crippen molar-refractivity contribution in [1.29, 1.82) is 5.26 Å². The van der Waals surface area contributed by atoms with Gasteiger partial charge in [0, 0.05) is 18.0 Å². The molecule has 0 bridgehead atoms. The van der Waals surface area contributed by atoms with E-state index in [4.69, 9.17) is 9.47 Å². The van der Waals surface area contributed by atoms with Crippen LogP contribution in [-0.4, -0.2) is 33.4 Å². The maximum absolute atomic E-state index is 10.8. The first-order chi connectivity index (χ1) is 14.3. The molecule has 0 atom stereocenters. The van der Waals surface area contributed by atoms with Gasteiger partial charge in [-0.25, -0.2) is 0 Å². The van der Waals surface area contributed by atoms with E-state index in [-0.39, 0.29) is 59.1 Å². The van der Waals surface area contributed by atoms with Gasteiger partial charge in [-0.2, -0.15) is 5.26 Å². The monoisotopic (exact) mass is 494 g/mol. The van der Waals surface area contributed by atoms with Crippen LogP contribution in [0.2, 0.25) is 0 Å². The summed E-state index contributed by atoms with van der Waals surface area (Å²) in [5.74, 6) is 1.14. The van der Waals surface area contributed by atoms with Crippen LogP contribution in [0.1, 0.15) is 23.3 Å².